The van der Waals surface area contributed by atoms with Crippen molar-refractivity contribution in [1.82, 2.24) is 10.2 Å². The number of carbonyl (C=O) groups excluding carboxylic acids is 2. The van der Waals surface area contributed by atoms with Crippen LogP contribution in [-0.4, -0.2) is 28.8 Å². The zero-order chi connectivity index (χ0) is 20.7. The van der Waals surface area contributed by atoms with Crippen molar-refractivity contribution >= 4 is 23.4 Å². The lowest BCUT2D eigenvalue weighted by molar-refractivity contribution is -0.140. The van der Waals surface area contributed by atoms with Gasteiger partial charge in [-0.15, -0.1) is 0 Å². The predicted molar refractivity (Wildman–Crippen MR) is 109 cm³/mol. The third-order valence-electron chi connectivity index (χ3n) is 4.70. The van der Waals surface area contributed by atoms with Crippen LogP contribution in [0.4, 0.5) is 4.39 Å². The van der Waals surface area contributed by atoms with Crippen molar-refractivity contribution in [2.45, 2.75) is 52.2 Å². The number of halogens is 2. The van der Waals surface area contributed by atoms with Crippen molar-refractivity contribution in [2.75, 3.05) is 0 Å². The number of benzene rings is 2. The monoisotopic (exact) mass is 404 g/mol. The van der Waals surface area contributed by atoms with Gasteiger partial charge in [0, 0.05) is 17.6 Å². The number of hydrogen-bond acceptors (Lipinski definition) is 2. The van der Waals surface area contributed by atoms with E-state index in [9.17, 15) is 14.0 Å². The number of rotatable bonds is 8. The molecule has 2 aromatic rings. The summed E-state index contributed by atoms with van der Waals surface area (Å²) in [6.07, 6.45) is 0.897. The van der Waals surface area contributed by atoms with Gasteiger partial charge in [-0.25, -0.2) is 4.39 Å². The van der Waals surface area contributed by atoms with Gasteiger partial charge in [0.15, 0.2) is 0 Å². The average molecular weight is 405 g/mol. The van der Waals surface area contributed by atoms with E-state index in [1.807, 2.05) is 26.0 Å². The van der Waals surface area contributed by atoms with Crippen LogP contribution < -0.4 is 5.32 Å². The standard InChI is InChI=1S/C22H26ClFN2O2/c1-4-15(2)25-22(28)16(3)26(14-18-5-9-19(23)10-6-18)21(27)13-17-7-11-20(24)12-8-17/h5-12,15-16H,4,13-14H2,1-3H3,(H,25,28)/t15-,16+/m1/s1. The Kier molecular flexibility index (Phi) is 8.00. The van der Waals surface area contributed by atoms with E-state index >= 15 is 0 Å². The number of amides is 2. The third-order valence-corrected chi connectivity index (χ3v) is 4.96. The van der Waals surface area contributed by atoms with Gasteiger partial charge < -0.3 is 10.2 Å². The first-order valence-corrected chi connectivity index (χ1v) is 9.76. The zero-order valence-corrected chi connectivity index (χ0v) is 17.2. The molecule has 0 bridgehead atoms. The van der Waals surface area contributed by atoms with E-state index < -0.39 is 6.04 Å². The molecule has 2 aromatic carbocycles. The van der Waals surface area contributed by atoms with Gasteiger partial charge in [0.05, 0.1) is 6.42 Å². The van der Waals surface area contributed by atoms with Crippen LogP contribution in [0.1, 0.15) is 38.3 Å². The molecule has 28 heavy (non-hydrogen) atoms. The molecule has 0 spiro atoms. The quantitative estimate of drug-likeness (QED) is 0.710. The molecule has 0 unspecified atom stereocenters. The van der Waals surface area contributed by atoms with Gasteiger partial charge in [-0.1, -0.05) is 42.8 Å². The maximum absolute atomic E-state index is 13.1. The van der Waals surface area contributed by atoms with Crippen LogP contribution in [0, 0.1) is 5.82 Å². The molecule has 2 rings (SSSR count). The second kappa shape index (κ2) is 10.2. The van der Waals surface area contributed by atoms with Crippen molar-refractivity contribution in [2.24, 2.45) is 0 Å². The van der Waals surface area contributed by atoms with E-state index in [1.54, 1.807) is 36.1 Å². The molecule has 0 aromatic heterocycles. The Morgan fingerprint density at radius 3 is 2.18 bits per heavy atom. The number of nitrogens with one attached hydrogen (secondary N) is 1. The fourth-order valence-corrected chi connectivity index (χ4v) is 2.84. The lowest BCUT2D eigenvalue weighted by atomic mass is 10.1. The van der Waals surface area contributed by atoms with E-state index in [-0.39, 0.29) is 36.6 Å². The lowest BCUT2D eigenvalue weighted by Crippen LogP contribution is -2.49. The molecule has 4 nitrogen and oxygen atoms in total. The van der Waals surface area contributed by atoms with Crippen LogP contribution in [0.5, 0.6) is 0 Å². The maximum atomic E-state index is 13.1. The zero-order valence-electron chi connectivity index (χ0n) is 16.4. The summed E-state index contributed by atoms with van der Waals surface area (Å²) >= 11 is 5.94. The van der Waals surface area contributed by atoms with Gasteiger partial charge in [-0.05, 0) is 55.7 Å². The second-order valence-electron chi connectivity index (χ2n) is 6.95. The molecule has 0 saturated carbocycles. The Hall–Kier alpha value is -2.40. The van der Waals surface area contributed by atoms with Crippen molar-refractivity contribution in [3.8, 4) is 0 Å². The Bertz CT molecular complexity index is 793. The second-order valence-corrected chi connectivity index (χ2v) is 7.38. The molecule has 0 aliphatic heterocycles. The molecule has 0 fully saturated rings. The molecule has 0 saturated heterocycles. The predicted octanol–water partition coefficient (Wildman–Crippen LogP) is 4.35. The summed E-state index contributed by atoms with van der Waals surface area (Å²) in [7, 11) is 0. The summed E-state index contributed by atoms with van der Waals surface area (Å²) in [6.45, 7) is 5.91. The fraction of sp³-hybridized carbons (Fsp3) is 0.364. The minimum atomic E-state index is -0.641. The van der Waals surface area contributed by atoms with Crippen molar-refractivity contribution in [1.29, 1.82) is 0 Å². The van der Waals surface area contributed by atoms with Crippen LogP contribution in [-0.2, 0) is 22.6 Å². The fourth-order valence-electron chi connectivity index (χ4n) is 2.71. The highest BCUT2D eigenvalue weighted by Crippen LogP contribution is 2.15. The molecule has 2 atom stereocenters. The first-order valence-electron chi connectivity index (χ1n) is 9.39. The van der Waals surface area contributed by atoms with E-state index in [0.29, 0.717) is 10.6 Å². The molecule has 0 radical (unpaired) electrons. The van der Waals surface area contributed by atoms with E-state index in [2.05, 4.69) is 5.32 Å². The van der Waals surface area contributed by atoms with E-state index in [1.165, 1.54) is 12.1 Å². The van der Waals surface area contributed by atoms with Gasteiger partial charge in [-0.2, -0.15) is 0 Å². The van der Waals surface area contributed by atoms with Crippen molar-refractivity contribution in [3.05, 3.63) is 70.5 Å². The summed E-state index contributed by atoms with van der Waals surface area (Å²) in [6, 6.07) is 12.4. The van der Waals surface area contributed by atoms with Gasteiger partial charge in [0.2, 0.25) is 11.8 Å². The van der Waals surface area contributed by atoms with Crippen molar-refractivity contribution in [3.63, 3.8) is 0 Å². The Morgan fingerprint density at radius 2 is 1.61 bits per heavy atom. The molecular formula is C22H26ClFN2O2. The molecule has 0 heterocycles. The Labute approximate surface area is 170 Å². The van der Waals surface area contributed by atoms with Gasteiger partial charge in [-0.3, -0.25) is 9.59 Å². The van der Waals surface area contributed by atoms with Crippen LogP contribution >= 0.6 is 11.6 Å². The summed E-state index contributed by atoms with van der Waals surface area (Å²) in [5.41, 5.74) is 1.57. The minimum Gasteiger partial charge on any atom is -0.352 e. The SMILES string of the molecule is CC[C@@H](C)NC(=O)[C@H](C)N(Cc1ccc(Cl)cc1)C(=O)Cc1ccc(F)cc1. The topological polar surface area (TPSA) is 49.4 Å². The van der Waals surface area contributed by atoms with Crippen molar-refractivity contribution < 1.29 is 14.0 Å². The molecule has 1 N–H and O–H groups in total. The smallest absolute Gasteiger partial charge is 0.242 e. The number of hydrogen-bond donors (Lipinski definition) is 1. The highest BCUT2D eigenvalue weighted by Gasteiger charge is 2.26. The maximum Gasteiger partial charge on any atom is 0.242 e. The number of nitrogens with zero attached hydrogens (tertiary/aromatic N) is 1. The Balaban J connectivity index is 2.20. The molecule has 0 aliphatic rings. The van der Waals surface area contributed by atoms with Crippen LogP contribution in [0.3, 0.4) is 0 Å². The van der Waals surface area contributed by atoms with Crippen LogP contribution in [0.2, 0.25) is 5.02 Å². The number of carbonyl (C=O) groups is 2. The summed E-state index contributed by atoms with van der Waals surface area (Å²) in [4.78, 5) is 27.2. The minimum absolute atomic E-state index is 0.0273. The first kappa shape index (κ1) is 21.9. The third kappa shape index (κ3) is 6.34. The summed E-state index contributed by atoms with van der Waals surface area (Å²) in [5, 5.41) is 3.53. The highest BCUT2D eigenvalue weighted by atomic mass is 35.5. The highest BCUT2D eigenvalue weighted by molar-refractivity contribution is 6.30. The normalized spacial score (nSPS) is 12.9. The molecular weight excluding hydrogens is 379 g/mol. The van der Waals surface area contributed by atoms with Gasteiger partial charge in [0.1, 0.15) is 11.9 Å². The van der Waals surface area contributed by atoms with Gasteiger partial charge >= 0.3 is 0 Å². The molecule has 0 aliphatic carbocycles. The van der Waals surface area contributed by atoms with Crippen LogP contribution in [0.15, 0.2) is 48.5 Å². The largest absolute Gasteiger partial charge is 0.352 e. The summed E-state index contributed by atoms with van der Waals surface area (Å²) < 4.78 is 13.1. The Morgan fingerprint density at radius 1 is 1.04 bits per heavy atom. The molecule has 2 amide bonds. The lowest BCUT2D eigenvalue weighted by Gasteiger charge is -2.30. The molecule has 150 valence electrons. The van der Waals surface area contributed by atoms with E-state index in [4.69, 9.17) is 11.6 Å². The molecule has 6 heteroatoms. The summed E-state index contributed by atoms with van der Waals surface area (Å²) in [5.74, 6) is -0.750. The van der Waals surface area contributed by atoms with E-state index in [0.717, 1.165) is 12.0 Å². The average Bonchev–Trinajstić information content (AvgIpc) is 2.68. The first-order chi connectivity index (χ1) is 13.3. The van der Waals surface area contributed by atoms with Gasteiger partial charge in [0.25, 0.3) is 0 Å². The van der Waals surface area contributed by atoms with Crippen LogP contribution in [0.25, 0.3) is 0 Å².